The second kappa shape index (κ2) is 4.42. The highest BCUT2D eigenvalue weighted by atomic mass is 19.4. The molecule has 0 fully saturated rings. The molecule has 94 valence electrons. The molecule has 0 saturated heterocycles. The van der Waals surface area contributed by atoms with Gasteiger partial charge in [0.1, 0.15) is 17.8 Å². The third kappa shape index (κ3) is 2.24. The number of alkyl halides is 3. The zero-order chi connectivity index (χ0) is 14.0. The van der Waals surface area contributed by atoms with Crippen molar-refractivity contribution >= 4 is 0 Å². The molecule has 0 amide bonds. The minimum atomic E-state index is -4.63. The van der Waals surface area contributed by atoms with Crippen LogP contribution in [0.5, 0.6) is 0 Å². The number of nitrogens with zero attached hydrogens (tertiary/aromatic N) is 5. The van der Waals surface area contributed by atoms with E-state index in [0.717, 1.165) is 10.6 Å². The van der Waals surface area contributed by atoms with Gasteiger partial charge in [-0.3, -0.25) is 4.57 Å². The summed E-state index contributed by atoms with van der Waals surface area (Å²) in [5.41, 5.74) is -1.22. The van der Waals surface area contributed by atoms with Gasteiger partial charge in [0.2, 0.25) is 5.82 Å². The molecule has 0 aromatic carbocycles. The zero-order valence-electron chi connectivity index (χ0n) is 9.18. The number of pyridine rings is 1. The van der Waals surface area contributed by atoms with Gasteiger partial charge in [-0.25, -0.2) is 9.97 Å². The van der Waals surface area contributed by atoms with Gasteiger partial charge in [-0.2, -0.15) is 23.7 Å². The summed E-state index contributed by atoms with van der Waals surface area (Å²) in [7, 11) is 0. The van der Waals surface area contributed by atoms with Crippen LogP contribution in [0.15, 0.2) is 24.5 Å². The molecule has 5 nitrogen and oxygen atoms in total. The predicted molar refractivity (Wildman–Crippen MR) is 55.8 cm³/mol. The van der Waals surface area contributed by atoms with Gasteiger partial charge >= 0.3 is 6.18 Å². The molecule has 0 radical (unpaired) electrons. The monoisotopic (exact) mass is 263 g/mol. The van der Waals surface area contributed by atoms with E-state index in [1.54, 1.807) is 12.1 Å². The standard InChI is InChI=1S/C11H4F3N5/c12-11(13,14)8-2-1-7(5-15)10(18-8)19-4-3-17-9(19)6-16/h1-4H. The Kier molecular flexibility index (Phi) is 2.93. The largest absolute Gasteiger partial charge is 0.433 e. The lowest BCUT2D eigenvalue weighted by Gasteiger charge is -2.10. The number of hydrogen-bond acceptors (Lipinski definition) is 4. The van der Waals surface area contributed by atoms with E-state index in [9.17, 15) is 13.2 Å². The van der Waals surface area contributed by atoms with Crippen molar-refractivity contribution in [2.45, 2.75) is 6.18 Å². The Balaban J connectivity index is 2.69. The molecular formula is C11H4F3N5. The van der Waals surface area contributed by atoms with Crippen LogP contribution >= 0.6 is 0 Å². The molecule has 0 saturated carbocycles. The first-order valence-corrected chi connectivity index (χ1v) is 4.89. The van der Waals surface area contributed by atoms with Gasteiger partial charge in [0.25, 0.3) is 0 Å². The highest BCUT2D eigenvalue weighted by molar-refractivity contribution is 5.46. The lowest BCUT2D eigenvalue weighted by molar-refractivity contribution is -0.141. The molecule has 0 aliphatic rings. The molecule has 2 aromatic rings. The summed E-state index contributed by atoms with van der Waals surface area (Å²) in [6.07, 6.45) is -2.13. The van der Waals surface area contributed by atoms with Gasteiger partial charge in [0.05, 0.1) is 5.56 Å². The van der Waals surface area contributed by atoms with E-state index in [4.69, 9.17) is 10.5 Å². The zero-order valence-corrected chi connectivity index (χ0v) is 9.18. The number of rotatable bonds is 1. The van der Waals surface area contributed by atoms with Gasteiger partial charge < -0.3 is 0 Å². The Morgan fingerprint density at radius 2 is 1.89 bits per heavy atom. The first kappa shape index (κ1) is 12.6. The van der Waals surface area contributed by atoms with Gasteiger partial charge in [0, 0.05) is 12.4 Å². The maximum absolute atomic E-state index is 12.6. The third-order valence-corrected chi connectivity index (χ3v) is 2.25. The Morgan fingerprint density at radius 3 is 2.47 bits per heavy atom. The van der Waals surface area contributed by atoms with Crippen LogP contribution in [0.25, 0.3) is 5.82 Å². The van der Waals surface area contributed by atoms with E-state index in [2.05, 4.69) is 9.97 Å². The first-order chi connectivity index (χ1) is 8.97. The average molecular weight is 263 g/mol. The van der Waals surface area contributed by atoms with Gasteiger partial charge in [-0.15, -0.1) is 0 Å². The summed E-state index contributed by atoms with van der Waals surface area (Å²) in [4.78, 5) is 7.04. The Hall–Kier alpha value is -2.87. The number of hydrogen-bond donors (Lipinski definition) is 0. The second-order valence-electron chi connectivity index (χ2n) is 3.41. The van der Waals surface area contributed by atoms with Crippen molar-refractivity contribution in [1.82, 2.24) is 14.5 Å². The molecule has 0 aliphatic heterocycles. The second-order valence-corrected chi connectivity index (χ2v) is 3.41. The highest BCUT2D eigenvalue weighted by Gasteiger charge is 2.33. The van der Waals surface area contributed by atoms with E-state index in [1.807, 2.05) is 0 Å². The van der Waals surface area contributed by atoms with Crippen molar-refractivity contribution in [2.24, 2.45) is 0 Å². The lowest BCUT2D eigenvalue weighted by Crippen LogP contribution is -2.12. The van der Waals surface area contributed by atoms with Crippen LogP contribution in [0.1, 0.15) is 17.1 Å². The lowest BCUT2D eigenvalue weighted by atomic mass is 10.2. The summed E-state index contributed by atoms with van der Waals surface area (Å²) in [5.74, 6) is -0.422. The fourth-order valence-electron chi connectivity index (χ4n) is 1.43. The fraction of sp³-hybridized carbons (Fsp3) is 0.0909. The number of aromatic nitrogens is 3. The van der Waals surface area contributed by atoms with Crippen molar-refractivity contribution in [1.29, 1.82) is 10.5 Å². The molecule has 0 aliphatic carbocycles. The van der Waals surface area contributed by atoms with Crippen LogP contribution in [0.3, 0.4) is 0 Å². The smallest absolute Gasteiger partial charge is 0.274 e. The van der Waals surface area contributed by atoms with E-state index >= 15 is 0 Å². The van der Waals surface area contributed by atoms with Crippen LogP contribution in [-0.2, 0) is 6.18 Å². The molecule has 0 spiro atoms. The molecule has 2 aromatic heterocycles. The van der Waals surface area contributed by atoms with Gasteiger partial charge in [-0.05, 0) is 12.1 Å². The van der Waals surface area contributed by atoms with E-state index in [-0.39, 0.29) is 17.2 Å². The topological polar surface area (TPSA) is 78.3 Å². The summed E-state index contributed by atoms with van der Waals surface area (Å²) in [6.45, 7) is 0. The third-order valence-electron chi connectivity index (χ3n) is 2.25. The normalized spacial score (nSPS) is 10.8. The van der Waals surface area contributed by atoms with Crippen molar-refractivity contribution in [3.8, 4) is 18.0 Å². The van der Waals surface area contributed by atoms with Crippen molar-refractivity contribution in [2.75, 3.05) is 0 Å². The fourth-order valence-corrected chi connectivity index (χ4v) is 1.43. The summed E-state index contributed by atoms with van der Waals surface area (Å²) >= 11 is 0. The van der Waals surface area contributed by atoms with Gasteiger partial charge in [-0.1, -0.05) is 0 Å². The minimum absolute atomic E-state index is 0.0810. The van der Waals surface area contributed by atoms with E-state index in [0.29, 0.717) is 6.07 Å². The summed E-state index contributed by atoms with van der Waals surface area (Å²) in [6, 6.07) is 5.15. The van der Waals surface area contributed by atoms with Crippen LogP contribution in [0.4, 0.5) is 13.2 Å². The molecule has 19 heavy (non-hydrogen) atoms. The predicted octanol–water partition coefficient (Wildman–Crippen LogP) is 2.03. The number of halogens is 3. The molecule has 2 rings (SSSR count). The van der Waals surface area contributed by atoms with Crippen LogP contribution in [0, 0.1) is 22.7 Å². The first-order valence-electron chi connectivity index (χ1n) is 4.89. The van der Waals surface area contributed by atoms with Gasteiger partial charge in [0.15, 0.2) is 5.82 Å². The molecule has 2 heterocycles. The van der Waals surface area contributed by atoms with Crippen LogP contribution in [-0.4, -0.2) is 14.5 Å². The molecule has 0 N–H and O–H groups in total. The maximum atomic E-state index is 12.6. The van der Waals surface area contributed by atoms with Crippen LogP contribution in [0.2, 0.25) is 0 Å². The quantitative estimate of drug-likeness (QED) is 0.788. The minimum Gasteiger partial charge on any atom is -0.274 e. The highest BCUT2D eigenvalue weighted by Crippen LogP contribution is 2.29. The van der Waals surface area contributed by atoms with Crippen molar-refractivity contribution in [3.05, 3.63) is 41.6 Å². The summed E-state index contributed by atoms with van der Waals surface area (Å²) in [5, 5.41) is 17.7. The molecule has 0 unspecified atom stereocenters. The summed E-state index contributed by atoms with van der Waals surface area (Å²) < 4.78 is 38.8. The van der Waals surface area contributed by atoms with Crippen molar-refractivity contribution < 1.29 is 13.2 Å². The van der Waals surface area contributed by atoms with E-state index < -0.39 is 11.9 Å². The SMILES string of the molecule is N#Cc1ccc(C(F)(F)F)nc1-n1ccnc1C#N. The molecular weight excluding hydrogens is 259 g/mol. The molecule has 0 bridgehead atoms. The molecule has 0 atom stereocenters. The van der Waals surface area contributed by atoms with Crippen molar-refractivity contribution in [3.63, 3.8) is 0 Å². The Bertz CT molecular complexity index is 702. The Morgan fingerprint density at radius 1 is 1.16 bits per heavy atom. The molecule has 8 heteroatoms. The van der Waals surface area contributed by atoms with E-state index in [1.165, 1.54) is 12.4 Å². The van der Waals surface area contributed by atoms with Crippen LogP contribution < -0.4 is 0 Å². The maximum Gasteiger partial charge on any atom is 0.433 e. The Labute approximate surface area is 105 Å². The number of imidazole rings is 1. The number of nitriles is 2. The average Bonchev–Trinajstić information content (AvgIpc) is 2.85.